The van der Waals surface area contributed by atoms with Crippen molar-refractivity contribution in [2.24, 2.45) is 5.41 Å². The molecule has 0 radical (unpaired) electrons. The van der Waals surface area contributed by atoms with Gasteiger partial charge in [0.25, 0.3) is 6.10 Å². The maximum atomic E-state index is 12.9. The van der Waals surface area contributed by atoms with Crippen LogP contribution in [-0.2, 0) is 11.3 Å². The molecule has 1 spiro atoms. The highest BCUT2D eigenvalue weighted by Gasteiger charge is 2.60. The molecule has 0 atom stereocenters. The quantitative estimate of drug-likeness (QED) is 0.671. The number of nitrogens with zero attached hydrogens (tertiary/aromatic N) is 2. The van der Waals surface area contributed by atoms with E-state index in [0.29, 0.717) is 32.5 Å². The highest BCUT2D eigenvalue weighted by atomic mass is 19.4. The fraction of sp³-hybridized carbons (Fsp3) is 0.611. The third-order valence-corrected chi connectivity index (χ3v) is 5.33. The number of amides is 1. The Hall–Kier alpha value is -2.04. The molecule has 0 N–H and O–H groups in total. The Bertz CT molecular complexity index is 703. The maximum Gasteiger partial charge on any atom is 0.434 e. The minimum absolute atomic E-state index is 0.0334. The van der Waals surface area contributed by atoms with Gasteiger partial charge in [-0.3, -0.25) is 4.90 Å². The average molecular weight is 428 g/mol. The molecular weight excluding hydrogens is 409 g/mol. The van der Waals surface area contributed by atoms with Crippen LogP contribution in [-0.4, -0.2) is 60.5 Å². The molecule has 2 aliphatic heterocycles. The van der Waals surface area contributed by atoms with Gasteiger partial charge in [0.15, 0.2) is 0 Å². The number of ether oxygens (including phenoxy) is 1. The lowest BCUT2D eigenvalue weighted by Gasteiger charge is -2.54. The molecule has 2 heterocycles. The van der Waals surface area contributed by atoms with Gasteiger partial charge >= 0.3 is 18.4 Å². The molecule has 3 rings (SSSR count). The van der Waals surface area contributed by atoms with Crippen molar-refractivity contribution in [3.63, 3.8) is 0 Å². The molecule has 2 saturated heterocycles. The SMILES string of the molecule is O=C(OC(C(F)(F)F)C(F)(F)F)N1CCC2(CC1)CN(Cc1ccc(F)cc1)C2. The van der Waals surface area contributed by atoms with E-state index in [1.807, 2.05) is 0 Å². The Morgan fingerprint density at radius 2 is 1.52 bits per heavy atom. The molecule has 0 bridgehead atoms. The summed E-state index contributed by atoms with van der Waals surface area (Å²) in [5, 5.41) is 0. The number of likely N-dealkylation sites (tertiary alicyclic amines) is 2. The Morgan fingerprint density at radius 1 is 1.00 bits per heavy atom. The van der Waals surface area contributed by atoms with Crippen molar-refractivity contribution >= 4 is 6.09 Å². The zero-order valence-corrected chi connectivity index (χ0v) is 15.2. The molecule has 162 valence electrons. The van der Waals surface area contributed by atoms with Crippen molar-refractivity contribution in [1.82, 2.24) is 9.80 Å². The second-order valence-corrected chi connectivity index (χ2v) is 7.61. The second kappa shape index (κ2) is 7.66. The third kappa shape index (κ3) is 5.12. The van der Waals surface area contributed by atoms with Crippen LogP contribution in [0.15, 0.2) is 24.3 Å². The lowest BCUT2D eigenvalue weighted by Crippen LogP contribution is -2.60. The molecule has 1 amide bonds. The Kier molecular flexibility index (Phi) is 5.72. The summed E-state index contributed by atoms with van der Waals surface area (Å²) in [6, 6.07) is 6.08. The highest BCUT2D eigenvalue weighted by Crippen LogP contribution is 2.42. The van der Waals surface area contributed by atoms with E-state index >= 15 is 0 Å². The molecule has 2 aliphatic rings. The number of hydrogen-bond donors (Lipinski definition) is 0. The highest BCUT2D eigenvalue weighted by molar-refractivity contribution is 5.68. The van der Waals surface area contributed by atoms with Gasteiger partial charge in [0.05, 0.1) is 0 Å². The normalized spacial score (nSPS) is 20.1. The molecule has 11 heteroatoms. The summed E-state index contributed by atoms with van der Waals surface area (Å²) in [4.78, 5) is 14.8. The topological polar surface area (TPSA) is 32.8 Å². The smallest absolute Gasteiger partial charge is 0.426 e. The second-order valence-electron chi connectivity index (χ2n) is 7.61. The third-order valence-electron chi connectivity index (χ3n) is 5.33. The molecule has 1 aromatic carbocycles. The van der Waals surface area contributed by atoms with Gasteiger partial charge in [-0.15, -0.1) is 0 Å². The molecule has 29 heavy (non-hydrogen) atoms. The van der Waals surface area contributed by atoms with E-state index in [-0.39, 0.29) is 24.3 Å². The first-order chi connectivity index (χ1) is 13.4. The van der Waals surface area contributed by atoms with Crippen LogP contribution in [0.2, 0.25) is 0 Å². The zero-order chi connectivity index (χ0) is 21.4. The molecule has 0 aliphatic carbocycles. The van der Waals surface area contributed by atoms with E-state index in [2.05, 4.69) is 9.64 Å². The summed E-state index contributed by atoms with van der Waals surface area (Å²) in [6.07, 6.45) is -16.3. The van der Waals surface area contributed by atoms with E-state index in [1.165, 1.54) is 12.1 Å². The molecule has 1 aromatic rings. The fourth-order valence-electron chi connectivity index (χ4n) is 3.84. The van der Waals surface area contributed by atoms with Crippen LogP contribution in [0.3, 0.4) is 0 Å². The number of benzene rings is 1. The number of piperidine rings is 1. The molecule has 2 fully saturated rings. The zero-order valence-electron chi connectivity index (χ0n) is 15.2. The lowest BCUT2D eigenvalue weighted by atomic mass is 9.72. The number of alkyl halides is 6. The first-order valence-corrected chi connectivity index (χ1v) is 8.94. The van der Waals surface area contributed by atoms with Crippen LogP contribution in [0.5, 0.6) is 0 Å². The average Bonchev–Trinajstić information content (AvgIpc) is 2.58. The lowest BCUT2D eigenvalue weighted by molar-refractivity contribution is -0.308. The summed E-state index contributed by atoms with van der Waals surface area (Å²) < 4.78 is 91.9. The summed E-state index contributed by atoms with van der Waals surface area (Å²) >= 11 is 0. The maximum absolute atomic E-state index is 12.9. The summed E-state index contributed by atoms with van der Waals surface area (Å²) in [6.45, 7) is 2.08. The van der Waals surface area contributed by atoms with Gasteiger partial charge < -0.3 is 9.64 Å². The van der Waals surface area contributed by atoms with Crippen LogP contribution in [0.1, 0.15) is 18.4 Å². The predicted octanol–water partition coefficient (Wildman–Crippen LogP) is 4.35. The van der Waals surface area contributed by atoms with E-state index < -0.39 is 24.5 Å². The predicted molar refractivity (Wildman–Crippen MR) is 87.3 cm³/mol. The number of halogens is 7. The van der Waals surface area contributed by atoms with Gasteiger partial charge in [0.2, 0.25) is 0 Å². The molecule has 0 aromatic heterocycles. The van der Waals surface area contributed by atoms with E-state index in [1.54, 1.807) is 12.1 Å². The standard InChI is InChI=1S/C18H19F7N2O2/c19-13-3-1-12(2-4-13)9-26-10-16(11-26)5-7-27(8-6-16)15(28)29-14(17(20,21)22)18(23,24)25/h1-4,14H,5-11H2. The molecule has 0 saturated carbocycles. The first kappa shape index (κ1) is 21.7. The van der Waals surface area contributed by atoms with Crippen molar-refractivity contribution < 1.29 is 40.3 Å². The van der Waals surface area contributed by atoms with E-state index in [9.17, 15) is 35.5 Å². The largest absolute Gasteiger partial charge is 0.434 e. The fourth-order valence-corrected chi connectivity index (χ4v) is 3.84. The Balaban J connectivity index is 1.48. The van der Waals surface area contributed by atoms with Crippen molar-refractivity contribution in [3.05, 3.63) is 35.6 Å². The summed E-state index contributed by atoms with van der Waals surface area (Å²) in [5.74, 6) is -0.327. The minimum atomic E-state index is -5.72. The van der Waals surface area contributed by atoms with Crippen molar-refractivity contribution in [3.8, 4) is 0 Å². The van der Waals surface area contributed by atoms with Gasteiger partial charge in [0.1, 0.15) is 5.82 Å². The number of carbonyl (C=O) groups excluding carboxylic acids is 1. The van der Waals surface area contributed by atoms with Crippen LogP contribution in [0.4, 0.5) is 35.5 Å². The Labute approximate surface area is 162 Å². The first-order valence-electron chi connectivity index (χ1n) is 8.94. The van der Waals surface area contributed by atoms with Gasteiger partial charge in [-0.25, -0.2) is 9.18 Å². The van der Waals surface area contributed by atoms with Crippen molar-refractivity contribution in [2.45, 2.75) is 37.8 Å². The monoisotopic (exact) mass is 428 g/mol. The van der Waals surface area contributed by atoms with Crippen molar-refractivity contribution in [1.29, 1.82) is 0 Å². The van der Waals surface area contributed by atoms with Crippen LogP contribution in [0, 0.1) is 11.2 Å². The Morgan fingerprint density at radius 3 is 2.00 bits per heavy atom. The number of carbonyl (C=O) groups is 1. The molecular formula is C18H19F7N2O2. The van der Waals surface area contributed by atoms with Crippen LogP contribution < -0.4 is 0 Å². The molecule has 4 nitrogen and oxygen atoms in total. The van der Waals surface area contributed by atoms with E-state index in [0.717, 1.165) is 10.5 Å². The molecule has 0 unspecified atom stereocenters. The van der Waals surface area contributed by atoms with Gasteiger partial charge in [-0.05, 0) is 36.0 Å². The summed E-state index contributed by atoms with van der Waals surface area (Å²) in [5.41, 5.74) is 0.817. The van der Waals surface area contributed by atoms with Gasteiger partial charge in [0, 0.05) is 32.7 Å². The number of rotatable bonds is 3. The summed E-state index contributed by atoms with van der Waals surface area (Å²) in [7, 11) is 0. The van der Waals surface area contributed by atoms with Crippen molar-refractivity contribution in [2.75, 3.05) is 26.2 Å². The van der Waals surface area contributed by atoms with E-state index in [4.69, 9.17) is 0 Å². The van der Waals surface area contributed by atoms with Crippen LogP contribution in [0.25, 0.3) is 0 Å². The van der Waals surface area contributed by atoms with Gasteiger partial charge in [-0.2, -0.15) is 26.3 Å². The minimum Gasteiger partial charge on any atom is -0.426 e. The van der Waals surface area contributed by atoms with Crippen LogP contribution >= 0.6 is 0 Å². The van der Waals surface area contributed by atoms with Gasteiger partial charge in [-0.1, -0.05) is 12.1 Å². The number of hydrogen-bond acceptors (Lipinski definition) is 3.